The third-order valence-corrected chi connectivity index (χ3v) is 4.67. The first-order valence-corrected chi connectivity index (χ1v) is 8.36. The van der Waals surface area contributed by atoms with Crippen molar-refractivity contribution in [3.05, 3.63) is 34.7 Å². The maximum atomic E-state index is 12.0. The average molecular weight is 333 g/mol. The quantitative estimate of drug-likeness (QED) is 0.867. The van der Waals surface area contributed by atoms with Gasteiger partial charge in [0.25, 0.3) is 5.91 Å². The zero-order chi connectivity index (χ0) is 16.3. The summed E-state index contributed by atoms with van der Waals surface area (Å²) in [4.78, 5) is 26.8. The summed E-state index contributed by atoms with van der Waals surface area (Å²) < 4.78 is 0. The van der Waals surface area contributed by atoms with Gasteiger partial charge in [0.05, 0.1) is 17.3 Å². The molecule has 0 aromatic carbocycles. The van der Waals surface area contributed by atoms with Crippen LogP contribution in [0.1, 0.15) is 28.2 Å². The summed E-state index contributed by atoms with van der Waals surface area (Å²) in [5, 5.41) is 13.6. The summed E-state index contributed by atoms with van der Waals surface area (Å²) in [5.41, 5.74) is 1.54. The van der Waals surface area contributed by atoms with E-state index in [4.69, 9.17) is 0 Å². The lowest BCUT2D eigenvalue weighted by atomic mass is 9.92. The van der Waals surface area contributed by atoms with Crippen LogP contribution in [-0.2, 0) is 0 Å². The topological polar surface area (TPSA) is 91.2 Å². The molecule has 0 spiro atoms. The Morgan fingerprint density at radius 3 is 3.13 bits per heavy atom. The molecule has 0 saturated carbocycles. The zero-order valence-electron chi connectivity index (χ0n) is 12.9. The number of hydrogen-bond donors (Lipinski definition) is 2. The zero-order valence-corrected chi connectivity index (χ0v) is 13.7. The van der Waals surface area contributed by atoms with E-state index < -0.39 is 5.60 Å². The number of piperidine rings is 1. The van der Waals surface area contributed by atoms with Crippen LogP contribution in [0.25, 0.3) is 0 Å². The maximum Gasteiger partial charge on any atom is 0.263 e. The number of amides is 1. The molecule has 1 aliphatic rings. The van der Waals surface area contributed by atoms with Crippen LogP contribution in [0.5, 0.6) is 0 Å². The lowest BCUT2D eigenvalue weighted by Gasteiger charge is -2.39. The molecule has 1 amide bonds. The minimum Gasteiger partial charge on any atom is -0.386 e. The van der Waals surface area contributed by atoms with Crippen molar-refractivity contribution in [2.75, 3.05) is 24.5 Å². The van der Waals surface area contributed by atoms with E-state index >= 15 is 0 Å². The molecule has 0 radical (unpaired) electrons. The number of rotatable bonds is 4. The van der Waals surface area contributed by atoms with Gasteiger partial charge in [0.1, 0.15) is 17.0 Å². The summed E-state index contributed by atoms with van der Waals surface area (Å²) in [7, 11) is 0. The van der Waals surface area contributed by atoms with Gasteiger partial charge in [-0.1, -0.05) is 0 Å². The van der Waals surface area contributed by atoms with Gasteiger partial charge in [-0.3, -0.25) is 9.78 Å². The van der Waals surface area contributed by atoms with Gasteiger partial charge >= 0.3 is 0 Å². The van der Waals surface area contributed by atoms with Crippen molar-refractivity contribution < 1.29 is 9.90 Å². The number of hydrogen-bond acceptors (Lipinski definition) is 7. The maximum absolute atomic E-state index is 12.0. The normalized spacial score (nSPS) is 21.2. The van der Waals surface area contributed by atoms with Gasteiger partial charge in [-0.15, -0.1) is 11.3 Å². The molecule has 0 unspecified atom stereocenters. The van der Waals surface area contributed by atoms with Crippen LogP contribution >= 0.6 is 11.3 Å². The van der Waals surface area contributed by atoms with E-state index in [1.165, 1.54) is 23.9 Å². The molecule has 2 N–H and O–H groups in total. The minimum atomic E-state index is -0.961. The predicted molar refractivity (Wildman–Crippen MR) is 87.6 cm³/mol. The van der Waals surface area contributed by atoms with Gasteiger partial charge in [-0.2, -0.15) is 0 Å². The van der Waals surface area contributed by atoms with Crippen molar-refractivity contribution in [3.8, 4) is 0 Å². The Balaban J connectivity index is 1.63. The Kier molecular flexibility index (Phi) is 4.53. The Bertz CT molecular complexity index is 678. The molecule has 23 heavy (non-hydrogen) atoms. The van der Waals surface area contributed by atoms with E-state index in [9.17, 15) is 9.90 Å². The lowest BCUT2D eigenvalue weighted by molar-refractivity contribution is 0.0255. The molecule has 3 rings (SSSR count). The molecule has 1 aliphatic heterocycles. The van der Waals surface area contributed by atoms with Crippen molar-refractivity contribution in [1.29, 1.82) is 0 Å². The Morgan fingerprint density at radius 1 is 1.52 bits per heavy atom. The van der Waals surface area contributed by atoms with E-state index in [1.54, 1.807) is 5.51 Å². The highest BCUT2D eigenvalue weighted by molar-refractivity contribution is 7.11. The molecular formula is C15H19N5O2S. The SMILES string of the molecule is Cc1cc(N2CCC[C@@](O)(CNC(=O)c3cncs3)C2)ncn1. The highest BCUT2D eigenvalue weighted by Crippen LogP contribution is 2.24. The summed E-state index contributed by atoms with van der Waals surface area (Å²) >= 11 is 1.28. The first-order chi connectivity index (χ1) is 11.1. The highest BCUT2D eigenvalue weighted by atomic mass is 32.1. The van der Waals surface area contributed by atoms with Crippen molar-refractivity contribution in [2.24, 2.45) is 0 Å². The predicted octanol–water partition coefficient (Wildman–Crippen LogP) is 1.00. The molecule has 2 aromatic rings. The standard InChI is InChI=1S/C15H19N5O2S/c1-11-5-13(19-9-18-11)20-4-2-3-15(22,8-20)7-17-14(21)12-6-16-10-23-12/h5-6,9-10,22H,2-4,7-8H2,1H3,(H,17,21)/t15-/m1/s1. The fourth-order valence-corrected chi connectivity index (χ4v) is 3.26. The molecule has 2 aromatic heterocycles. The molecule has 1 saturated heterocycles. The number of thiazole rings is 1. The van der Waals surface area contributed by atoms with E-state index in [1.807, 2.05) is 17.9 Å². The van der Waals surface area contributed by atoms with Crippen LogP contribution in [0.2, 0.25) is 0 Å². The molecule has 7 nitrogen and oxygen atoms in total. The van der Waals surface area contributed by atoms with E-state index in [-0.39, 0.29) is 12.5 Å². The Labute approximate surface area is 138 Å². The smallest absolute Gasteiger partial charge is 0.263 e. The van der Waals surface area contributed by atoms with Crippen LogP contribution in [0.3, 0.4) is 0 Å². The molecule has 8 heteroatoms. The Hall–Kier alpha value is -2.06. The van der Waals surface area contributed by atoms with Crippen LogP contribution in [0, 0.1) is 6.92 Å². The summed E-state index contributed by atoms with van der Waals surface area (Å²) in [6.45, 7) is 3.40. The van der Waals surface area contributed by atoms with Gasteiger partial charge in [0.2, 0.25) is 0 Å². The summed E-state index contributed by atoms with van der Waals surface area (Å²) in [6, 6.07) is 1.90. The second-order valence-electron chi connectivity index (χ2n) is 5.82. The van der Waals surface area contributed by atoms with Crippen molar-refractivity contribution in [2.45, 2.75) is 25.4 Å². The number of carbonyl (C=O) groups is 1. The second kappa shape index (κ2) is 6.59. The molecule has 0 aliphatic carbocycles. The molecule has 3 heterocycles. The van der Waals surface area contributed by atoms with Crippen molar-refractivity contribution in [3.63, 3.8) is 0 Å². The van der Waals surface area contributed by atoms with E-state index in [2.05, 4.69) is 20.3 Å². The minimum absolute atomic E-state index is 0.198. The van der Waals surface area contributed by atoms with Crippen molar-refractivity contribution in [1.82, 2.24) is 20.3 Å². The number of carbonyl (C=O) groups excluding carboxylic acids is 1. The molecule has 1 fully saturated rings. The van der Waals surface area contributed by atoms with Crippen molar-refractivity contribution >= 4 is 23.1 Å². The lowest BCUT2D eigenvalue weighted by Crippen LogP contribution is -2.54. The number of nitrogens with one attached hydrogen (secondary N) is 1. The fraction of sp³-hybridized carbons (Fsp3) is 0.467. The number of β-amino-alcohol motifs (C(OH)–C–C–N with tert-alkyl or cyclic N) is 1. The molecule has 0 bridgehead atoms. The number of anilines is 1. The first-order valence-electron chi connectivity index (χ1n) is 7.48. The summed E-state index contributed by atoms with van der Waals surface area (Å²) in [6.07, 6.45) is 4.55. The van der Waals surface area contributed by atoms with Gasteiger partial charge in [-0.05, 0) is 19.8 Å². The van der Waals surface area contributed by atoms with Gasteiger partial charge < -0.3 is 15.3 Å². The monoisotopic (exact) mass is 333 g/mol. The highest BCUT2D eigenvalue weighted by Gasteiger charge is 2.34. The number of aryl methyl sites for hydroxylation is 1. The fourth-order valence-electron chi connectivity index (χ4n) is 2.73. The Morgan fingerprint density at radius 2 is 2.39 bits per heavy atom. The van der Waals surface area contributed by atoms with Crippen LogP contribution < -0.4 is 10.2 Å². The molecule has 122 valence electrons. The van der Waals surface area contributed by atoms with Gasteiger partial charge in [-0.25, -0.2) is 9.97 Å². The number of nitrogens with zero attached hydrogens (tertiary/aromatic N) is 4. The first kappa shape index (κ1) is 15.8. The largest absolute Gasteiger partial charge is 0.386 e. The average Bonchev–Trinajstić information content (AvgIpc) is 3.07. The van der Waals surface area contributed by atoms with Gasteiger partial charge in [0, 0.05) is 31.4 Å². The third kappa shape index (κ3) is 3.83. The number of aromatic nitrogens is 3. The van der Waals surface area contributed by atoms with Crippen LogP contribution in [0.4, 0.5) is 5.82 Å². The molecule has 1 atom stereocenters. The second-order valence-corrected chi connectivity index (χ2v) is 6.70. The van der Waals surface area contributed by atoms with Crippen LogP contribution in [0.15, 0.2) is 24.1 Å². The van der Waals surface area contributed by atoms with E-state index in [0.717, 1.165) is 24.5 Å². The van der Waals surface area contributed by atoms with Gasteiger partial charge in [0.15, 0.2) is 0 Å². The summed E-state index contributed by atoms with van der Waals surface area (Å²) in [5.74, 6) is 0.611. The van der Waals surface area contributed by atoms with E-state index in [0.29, 0.717) is 17.8 Å². The van der Waals surface area contributed by atoms with Crippen LogP contribution in [-0.4, -0.2) is 51.2 Å². The number of aliphatic hydroxyl groups is 1. The third-order valence-electron chi connectivity index (χ3n) is 3.90. The molecular weight excluding hydrogens is 314 g/mol.